The van der Waals surface area contributed by atoms with Crippen LogP contribution in [0, 0.1) is 0 Å². The largest absolute Gasteiger partial charge is 0.470 e. The second kappa shape index (κ2) is 6.04. The van der Waals surface area contributed by atoms with Crippen molar-refractivity contribution >= 4 is 5.91 Å². The molecule has 2 aliphatic rings. The minimum absolute atomic E-state index is 0.0232. The number of likely N-dealkylation sites (tertiary alicyclic amines) is 1. The summed E-state index contributed by atoms with van der Waals surface area (Å²) in [7, 11) is 0. The highest BCUT2D eigenvalue weighted by Crippen LogP contribution is 2.32. The third-order valence-electron chi connectivity index (χ3n) is 4.38. The lowest BCUT2D eigenvalue weighted by atomic mass is 10.0. The number of rotatable bonds is 3. The number of hydrogen-bond acceptors (Lipinski definition) is 5. The summed E-state index contributed by atoms with van der Waals surface area (Å²) in [5.74, 6) is 0.799. The van der Waals surface area contributed by atoms with Gasteiger partial charge in [-0.2, -0.15) is 0 Å². The summed E-state index contributed by atoms with van der Waals surface area (Å²) in [6.45, 7) is 1.18. The van der Waals surface area contributed by atoms with Crippen molar-refractivity contribution in [2.24, 2.45) is 0 Å². The number of furan rings is 1. The standard InChI is InChI=1S/C17H18N2O4/c20-17(13-6-4-9-21-13)19-11-14(16-12(19)5-3-10-22-16)23-15-7-1-2-8-18-15/h1-2,4,6-9,12,14,16H,3,5,10-11H2/t12-,14-,16+/m1/s1. The van der Waals surface area contributed by atoms with E-state index in [2.05, 4.69) is 4.98 Å². The summed E-state index contributed by atoms with van der Waals surface area (Å²) in [4.78, 5) is 18.7. The predicted molar refractivity (Wildman–Crippen MR) is 81.2 cm³/mol. The maximum Gasteiger partial charge on any atom is 0.290 e. The molecule has 0 radical (unpaired) electrons. The lowest BCUT2D eigenvalue weighted by Crippen LogP contribution is -2.44. The van der Waals surface area contributed by atoms with E-state index in [4.69, 9.17) is 13.9 Å². The predicted octanol–water partition coefficient (Wildman–Crippen LogP) is 2.13. The second-order valence-corrected chi connectivity index (χ2v) is 5.80. The zero-order chi connectivity index (χ0) is 15.6. The van der Waals surface area contributed by atoms with E-state index in [1.807, 2.05) is 23.1 Å². The van der Waals surface area contributed by atoms with Gasteiger partial charge in [-0.25, -0.2) is 4.98 Å². The van der Waals surface area contributed by atoms with Gasteiger partial charge in [0.15, 0.2) is 5.76 Å². The number of carbonyl (C=O) groups excluding carboxylic acids is 1. The molecule has 3 atom stereocenters. The van der Waals surface area contributed by atoms with Crippen LogP contribution in [-0.4, -0.2) is 47.2 Å². The monoisotopic (exact) mass is 314 g/mol. The number of pyridine rings is 1. The number of ether oxygens (including phenoxy) is 2. The minimum atomic E-state index is -0.214. The van der Waals surface area contributed by atoms with Crippen molar-refractivity contribution in [1.82, 2.24) is 9.88 Å². The minimum Gasteiger partial charge on any atom is -0.470 e. The number of aromatic nitrogens is 1. The Morgan fingerprint density at radius 3 is 3.04 bits per heavy atom. The Labute approximate surface area is 134 Å². The van der Waals surface area contributed by atoms with Crippen molar-refractivity contribution in [2.45, 2.75) is 31.1 Å². The van der Waals surface area contributed by atoms with Gasteiger partial charge < -0.3 is 18.8 Å². The van der Waals surface area contributed by atoms with Gasteiger partial charge in [0, 0.05) is 18.9 Å². The Morgan fingerprint density at radius 2 is 2.26 bits per heavy atom. The van der Waals surface area contributed by atoms with Crippen LogP contribution in [0.5, 0.6) is 5.88 Å². The normalized spacial score (nSPS) is 26.8. The molecule has 2 aromatic heterocycles. The Hall–Kier alpha value is -2.34. The van der Waals surface area contributed by atoms with E-state index in [1.165, 1.54) is 6.26 Å². The molecule has 23 heavy (non-hydrogen) atoms. The van der Waals surface area contributed by atoms with Crippen molar-refractivity contribution in [3.8, 4) is 5.88 Å². The van der Waals surface area contributed by atoms with Crippen molar-refractivity contribution in [2.75, 3.05) is 13.2 Å². The topological polar surface area (TPSA) is 64.8 Å². The van der Waals surface area contributed by atoms with Crippen LogP contribution in [0.4, 0.5) is 0 Å². The van der Waals surface area contributed by atoms with Crippen LogP contribution in [0.15, 0.2) is 47.2 Å². The molecule has 0 bridgehead atoms. The van der Waals surface area contributed by atoms with Crippen molar-refractivity contribution in [3.63, 3.8) is 0 Å². The molecule has 4 rings (SSSR count). The van der Waals surface area contributed by atoms with Crippen LogP contribution in [0.3, 0.4) is 0 Å². The Balaban J connectivity index is 1.56. The highest BCUT2D eigenvalue weighted by molar-refractivity contribution is 5.92. The fourth-order valence-electron chi connectivity index (χ4n) is 3.36. The molecule has 120 valence electrons. The summed E-state index contributed by atoms with van der Waals surface area (Å²) >= 11 is 0. The number of nitrogens with zero attached hydrogens (tertiary/aromatic N) is 2. The van der Waals surface area contributed by atoms with Crippen LogP contribution < -0.4 is 4.74 Å². The van der Waals surface area contributed by atoms with Crippen LogP contribution in [0.1, 0.15) is 23.4 Å². The number of hydrogen-bond donors (Lipinski definition) is 0. The zero-order valence-electron chi connectivity index (χ0n) is 12.6. The van der Waals surface area contributed by atoms with Gasteiger partial charge in [-0.1, -0.05) is 6.07 Å². The molecule has 2 aromatic rings. The molecule has 0 saturated carbocycles. The van der Waals surface area contributed by atoms with Crippen LogP contribution in [-0.2, 0) is 4.74 Å². The summed E-state index contributed by atoms with van der Waals surface area (Å²) in [6, 6.07) is 8.97. The molecule has 6 heteroatoms. The smallest absolute Gasteiger partial charge is 0.290 e. The van der Waals surface area contributed by atoms with Crippen LogP contribution >= 0.6 is 0 Å². The quantitative estimate of drug-likeness (QED) is 0.868. The van der Waals surface area contributed by atoms with Crippen molar-refractivity contribution in [1.29, 1.82) is 0 Å². The third-order valence-corrected chi connectivity index (χ3v) is 4.38. The average molecular weight is 314 g/mol. The van der Waals surface area contributed by atoms with E-state index in [9.17, 15) is 4.79 Å². The highest BCUT2D eigenvalue weighted by atomic mass is 16.5. The zero-order valence-corrected chi connectivity index (χ0v) is 12.6. The summed E-state index contributed by atoms with van der Waals surface area (Å²) in [5, 5.41) is 0. The lowest BCUT2D eigenvalue weighted by molar-refractivity contribution is -0.0456. The first-order chi connectivity index (χ1) is 11.3. The summed E-state index contributed by atoms with van der Waals surface area (Å²) in [6.07, 6.45) is 4.73. The van der Waals surface area contributed by atoms with Crippen LogP contribution in [0.2, 0.25) is 0 Å². The molecule has 2 saturated heterocycles. The number of fused-ring (bicyclic) bond motifs is 1. The van der Waals surface area contributed by atoms with Gasteiger partial charge in [-0.15, -0.1) is 0 Å². The maximum absolute atomic E-state index is 12.7. The molecule has 0 aromatic carbocycles. The summed E-state index contributed by atoms with van der Waals surface area (Å²) in [5.41, 5.74) is 0. The first-order valence-corrected chi connectivity index (χ1v) is 7.87. The van der Waals surface area contributed by atoms with Gasteiger partial charge >= 0.3 is 0 Å². The molecule has 6 nitrogen and oxygen atoms in total. The van der Waals surface area contributed by atoms with E-state index in [-0.39, 0.29) is 24.2 Å². The molecule has 1 amide bonds. The molecule has 0 spiro atoms. The fraction of sp³-hybridized carbons (Fsp3) is 0.412. The van der Waals surface area contributed by atoms with Gasteiger partial charge in [0.05, 0.1) is 18.8 Å². The van der Waals surface area contributed by atoms with E-state index in [1.54, 1.807) is 18.3 Å². The van der Waals surface area contributed by atoms with Gasteiger partial charge in [-0.05, 0) is 31.0 Å². The number of carbonyl (C=O) groups is 1. The second-order valence-electron chi connectivity index (χ2n) is 5.80. The van der Waals surface area contributed by atoms with Crippen LogP contribution in [0.25, 0.3) is 0 Å². The molecule has 2 aliphatic heterocycles. The first kappa shape index (κ1) is 14.3. The van der Waals surface area contributed by atoms with Gasteiger partial charge in [0.2, 0.25) is 5.88 Å². The molecule has 0 N–H and O–H groups in total. The molecular formula is C17H18N2O4. The van der Waals surface area contributed by atoms with E-state index in [0.29, 0.717) is 24.8 Å². The Morgan fingerprint density at radius 1 is 1.30 bits per heavy atom. The van der Waals surface area contributed by atoms with Gasteiger partial charge in [0.25, 0.3) is 5.91 Å². The fourth-order valence-corrected chi connectivity index (χ4v) is 3.36. The molecule has 4 heterocycles. The lowest BCUT2D eigenvalue weighted by Gasteiger charge is -2.31. The SMILES string of the molecule is O=C(c1ccco1)N1C[C@@H](Oc2ccccn2)[C@H]2OCCC[C@H]21. The van der Waals surface area contributed by atoms with E-state index < -0.39 is 0 Å². The summed E-state index contributed by atoms with van der Waals surface area (Å²) < 4.78 is 17.1. The maximum atomic E-state index is 12.7. The molecular weight excluding hydrogens is 296 g/mol. The van der Waals surface area contributed by atoms with Crippen molar-refractivity contribution < 1.29 is 18.7 Å². The van der Waals surface area contributed by atoms with E-state index in [0.717, 1.165) is 12.8 Å². The Kier molecular flexibility index (Phi) is 3.75. The van der Waals surface area contributed by atoms with Crippen molar-refractivity contribution in [3.05, 3.63) is 48.6 Å². The first-order valence-electron chi connectivity index (χ1n) is 7.87. The molecule has 2 fully saturated rings. The van der Waals surface area contributed by atoms with Gasteiger partial charge in [-0.3, -0.25) is 4.79 Å². The number of amides is 1. The molecule has 0 aliphatic carbocycles. The Bertz CT molecular complexity index is 658. The third kappa shape index (κ3) is 2.70. The average Bonchev–Trinajstić information content (AvgIpc) is 3.24. The van der Waals surface area contributed by atoms with E-state index >= 15 is 0 Å². The van der Waals surface area contributed by atoms with Gasteiger partial charge in [0.1, 0.15) is 12.2 Å². The highest BCUT2D eigenvalue weighted by Gasteiger charge is 2.48. The molecule has 0 unspecified atom stereocenters.